The Balaban J connectivity index is 1.58. The highest BCUT2D eigenvalue weighted by molar-refractivity contribution is 5.85. The van der Waals surface area contributed by atoms with Crippen LogP contribution >= 0.6 is 0 Å². The molecule has 0 saturated heterocycles. The number of aryl methyl sites for hydroxylation is 3. The molecule has 26 heavy (non-hydrogen) atoms. The van der Waals surface area contributed by atoms with Crippen molar-refractivity contribution >= 4 is 16.9 Å². The van der Waals surface area contributed by atoms with Crippen molar-refractivity contribution in [2.45, 2.75) is 46.1 Å². The Morgan fingerprint density at radius 3 is 2.65 bits per heavy atom. The van der Waals surface area contributed by atoms with Gasteiger partial charge in [0.05, 0.1) is 12.1 Å². The summed E-state index contributed by atoms with van der Waals surface area (Å²) in [6.07, 6.45) is 4.07. The first-order valence-corrected chi connectivity index (χ1v) is 9.43. The van der Waals surface area contributed by atoms with E-state index in [9.17, 15) is 0 Å². The number of rotatable bonds is 9. The van der Waals surface area contributed by atoms with E-state index >= 15 is 0 Å². The molecule has 5 nitrogen and oxygen atoms in total. The summed E-state index contributed by atoms with van der Waals surface area (Å²) in [4.78, 5) is 9.05. The van der Waals surface area contributed by atoms with Crippen LogP contribution in [-0.2, 0) is 24.1 Å². The molecule has 0 aliphatic rings. The van der Waals surface area contributed by atoms with Crippen molar-refractivity contribution in [2.75, 3.05) is 18.9 Å². The molecular weight excluding hydrogens is 324 g/mol. The summed E-state index contributed by atoms with van der Waals surface area (Å²) in [6, 6.07) is 12.6. The molecule has 0 aliphatic carbocycles. The van der Waals surface area contributed by atoms with Crippen molar-refractivity contribution in [2.24, 2.45) is 0 Å². The van der Waals surface area contributed by atoms with Gasteiger partial charge in [-0.05, 0) is 37.8 Å². The number of hydrogen-bond acceptors (Lipinski definition) is 4. The van der Waals surface area contributed by atoms with Crippen molar-refractivity contribution in [1.82, 2.24) is 14.5 Å². The standard InChI is InChI=1S/C21H28N4O/c1-3-8-19-24-20-18(15-16(2)23-21(20)22)25(19)12-14-26-13-7-11-17-9-5-4-6-10-17/h4-6,9-10,15H,3,7-8,11-14H2,1-2H3,(H2,22,23). The lowest BCUT2D eigenvalue weighted by Gasteiger charge is -2.10. The van der Waals surface area contributed by atoms with Gasteiger partial charge in [0.1, 0.15) is 11.3 Å². The average Bonchev–Trinajstić information content (AvgIpc) is 2.97. The van der Waals surface area contributed by atoms with E-state index in [2.05, 4.69) is 46.8 Å². The average molecular weight is 352 g/mol. The fourth-order valence-corrected chi connectivity index (χ4v) is 3.27. The molecule has 0 saturated carbocycles. The van der Waals surface area contributed by atoms with Crippen molar-refractivity contribution < 1.29 is 4.74 Å². The van der Waals surface area contributed by atoms with Gasteiger partial charge in [0, 0.05) is 25.3 Å². The monoisotopic (exact) mass is 352 g/mol. The van der Waals surface area contributed by atoms with Crippen LogP contribution in [0.3, 0.4) is 0 Å². The molecule has 1 aromatic carbocycles. The Labute approximate surface area is 155 Å². The van der Waals surface area contributed by atoms with Crippen LogP contribution in [0.2, 0.25) is 0 Å². The molecule has 0 atom stereocenters. The summed E-state index contributed by atoms with van der Waals surface area (Å²) in [5, 5.41) is 0. The summed E-state index contributed by atoms with van der Waals surface area (Å²) >= 11 is 0. The fraction of sp³-hybridized carbons (Fsp3) is 0.429. The lowest BCUT2D eigenvalue weighted by molar-refractivity contribution is 0.124. The molecular formula is C21H28N4O. The molecule has 138 valence electrons. The summed E-state index contributed by atoms with van der Waals surface area (Å²) in [7, 11) is 0. The lowest BCUT2D eigenvalue weighted by atomic mass is 10.1. The largest absolute Gasteiger partial charge is 0.382 e. The van der Waals surface area contributed by atoms with E-state index in [1.165, 1.54) is 5.56 Å². The second-order valence-corrected chi connectivity index (χ2v) is 6.65. The molecule has 0 amide bonds. The van der Waals surface area contributed by atoms with Gasteiger partial charge in [-0.2, -0.15) is 0 Å². The van der Waals surface area contributed by atoms with Crippen molar-refractivity contribution in [3.63, 3.8) is 0 Å². The van der Waals surface area contributed by atoms with Crippen LogP contribution in [-0.4, -0.2) is 27.7 Å². The van der Waals surface area contributed by atoms with Crippen LogP contribution in [0.1, 0.15) is 36.8 Å². The van der Waals surface area contributed by atoms with Crippen LogP contribution in [0.15, 0.2) is 36.4 Å². The number of nitrogen functional groups attached to an aromatic ring is 1. The Morgan fingerprint density at radius 2 is 1.88 bits per heavy atom. The number of ether oxygens (including phenoxy) is 1. The zero-order valence-corrected chi connectivity index (χ0v) is 15.7. The van der Waals surface area contributed by atoms with E-state index in [4.69, 9.17) is 15.5 Å². The van der Waals surface area contributed by atoms with E-state index < -0.39 is 0 Å². The molecule has 5 heteroatoms. The highest BCUT2D eigenvalue weighted by atomic mass is 16.5. The minimum atomic E-state index is 0.514. The molecule has 0 bridgehead atoms. The van der Waals surface area contributed by atoms with E-state index in [1.807, 2.05) is 13.0 Å². The number of nitrogens with zero attached hydrogens (tertiary/aromatic N) is 3. The second kappa shape index (κ2) is 8.81. The second-order valence-electron chi connectivity index (χ2n) is 6.65. The Bertz CT molecular complexity index is 842. The van der Waals surface area contributed by atoms with Crippen molar-refractivity contribution in [3.05, 3.63) is 53.5 Å². The molecule has 3 aromatic rings. The SMILES string of the molecule is CCCc1nc2c(N)nc(C)cc2n1CCOCCCc1ccccc1. The maximum absolute atomic E-state index is 6.07. The first-order valence-electron chi connectivity index (χ1n) is 9.43. The van der Waals surface area contributed by atoms with Crippen molar-refractivity contribution in [3.8, 4) is 0 Å². The van der Waals surface area contributed by atoms with Gasteiger partial charge in [0.15, 0.2) is 5.82 Å². The summed E-state index contributed by atoms with van der Waals surface area (Å²) in [5.74, 6) is 1.58. The summed E-state index contributed by atoms with van der Waals surface area (Å²) < 4.78 is 8.11. The maximum atomic E-state index is 6.07. The number of hydrogen-bond donors (Lipinski definition) is 1. The van der Waals surface area contributed by atoms with Gasteiger partial charge in [0.2, 0.25) is 0 Å². The first kappa shape index (κ1) is 18.4. The molecule has 3 rings (SSSR count). The molecule has 0 fully saturated rings. The van der Waals surface area contributed by atoms with Crippen LogP contribution in [0.5, 0.6) is 0 Å². The molecule has 0 aliphatic heterocycles. The van der Waals surface area contributed by atoms with E-state index in [0.717, 1.165) is 61.4 Å². The number of nitrogens with two attached hydrogens (primary N) is 1. The summed E-state index contributed by atoms with van der Waals surface area (Å²) in [5.41, 5.74) is 10.2. The van der Waals surface area contributed by atoms with Crippen LogP contribution in [0, 0.1) is 6.92 Å². The molecule has 2 N–H and O–H groups in total. The Hall–Kier alpha value is -2.40. The van der Waals surface area contributed by atoms with Crippen LogP contribution in [0.25, 0.3) is 11.0 Å². The van der Waals surface area contributed by atoms with Gasteiger partial charge in [-0.1, -0.05) is 37.3 Å². The van der Waals surface area contributed by atoms with Crippen LogP contribution in [0.4, 0.5) is 5.82 Å². The van der Waals surface area contributed by atoms with E-state index in [0.29, 0.717) is 12.4 Å². The topological polar surface area (TPSA) is 66.0 Å². The number of imidazole rings is 1. The van der Waals surface area contributed by atoms with E-state index in [-0.39, 0.29) is 0 Å². The van der Waals surface area contributed by atoms with Crippen LogP contribution < -0.4 is 5.73 Å². The highest BCUT2D eigenvalue weighted by Gasteiger charge is 2.13. The quantitative estimate of drug-likeness (QED) is 0.593. The third-order valence-electron chi connectivity index (χ3n) is 4.50. The minimum absolute atomic E-state index is 0.514. The predicted octanol–water partition coefficient (Wildman–Crippen LogP) is 3.92. The molecule has 0 radical (unpaired) electrons. The van der Waals surface area contributed by atoms with Gasteiger partial charge in [-0.3, -0.25) is 0 Å². The Morgan fingerprint density at radius 1 is 1.08 bits per heavy atom. The third-order valence-corrected chi connectivity index (χ3v) is 4.50. The predicted molar refractivity (Wildman–Crippen MR) is 106 cm³/mol. The number of fused-ring (bicyclic) bond motifs is 1. The van der Waals surface area contributed by atoms with Gasteiger partial charge in [0.25, 0.3) is 0 Å². The third kappa shape index (κ3) is 4.41. The lowest BCUT2D eigenvalue weighted by Crippen LogP contribution is -2.10. The molecule has 2 heterocycles. The zero-order valence-electron chi connectivity index (χ0n) is 15.7. The molecule has 2 aromatic heterocycles. The number of anilines is 1. The van der Waals surface area contributed by atoms with Gasteiger partial charge in [-0.25, -0.2) is 9.97 Å². The summed E-state index contributed by atoms with van der Waals surface area (Å²) in [6.45, 7) is 6.37. The Kier molecular flexibility index (Phi) is 6.23. The van der Waals surface area contributed by atoms with Gasteiger partial charge < -0.3 is 15.0 Å². The zero-order chi connectivity index (χ0) is 18.4. The van der Waals surface area contributed by atoms with Crippen molar-refractivity contribution in [1.29, 1.82) is 0 Å². The first-order chi connectivity index (χ1) is 12.7. The molecule has 0 unspecified atom stereocenters. The van der Waals surface area contributed by atoms with Gasteiger partial charge >= 0.3 is 0 Å². The minimum Gasteiger partial charge on any atom is -0.382 e. The maximum Gasteiger partial charge on any atom is 0.151 e. The smallest absolute Gasteiger partial charge is 0.151 e. The number of benzene rings is 1. The number of pyridine rings is 1. The van der Waals surface area contributed by atoms with E-state index in [1.54, 1.807) is 0 Å². The highest BCUT2D eigenvalue weighted by Crippen LogP contribution is 2.22. The van der Waals surface area contributed by atoms with Gasteiger partial charge in [-0.15, -0.1) is 0 Å². The molecule has 0 spiro atoms. The number of aromatic nitrogens is 3. The fourth-order valence-electron chi connectivity index (χ4n) is 3.27. The normalized spacial score (nSPS) is 11.3.